The number of primary amides is 1. The van der Waals surface area contributed by atoms with Crippen LogP contribution in [0, 0.1) is 0 Å². The zero-order chi connectivity index (χ0) is 21.2. The normalized spacial score (nSPS) is 10.4. The molecule has 0 aliphatic rings. The first-order valence-corrected chi connectivity index (χ1v) is 9.19. The number of ether oxygens (including phenoxy) is 3. The number of benzene rings is 2. The van der Waals surface area contributed by atoms with E-state index < -0.39 is 11.8 Å². The lowest BCUT2D eigenvalue weighted by Crippen LogP contribution is -2.20. The highest BCUT2D eigenvalue weighted by molar-refractivity contribution is 9.10. The lowest BCUT2D eigenvalue weighted by Gasteiger charge is -2.10. The number of halogens is 1. The second kappa shape index (κ2) is 10.9. The Balaban J connectivity index is 2.10. The maximum absolute atomic E-state index is 12.4. The molecule has 9 heteroatoms. The predicted molar refractivity (Wildman–Crippen MR) is 113 cm³/mol. The molecular formula is C20H20BrN3O5. The van der Waals surface area contributed by atoms with Gasteiger partial charge in [0.15, 0.2) is 18.1 Å². The summed E-state index contributed by atoms with van der Waals surface area (Å²) in [5.74, 6) is 0.272. The quantitative estimate of drug-likeness (QED) is 0.320. The van der Waals surface area contributed by atoms with E-state index in [9.17, 15) is 9.59 Å². The number of rotatable bonds is 10. The van der Waals surface area contributed by atoms with Crippen LogP contribution in [0.15, 0.2) is 58.6 Å². The molecule has 0 spiro atoms. The van der Waals surface area contributed by atoms with Crippen LogP contribution in [-0.2, 0) is 4.79 Å². The van der Waals surface area contributed by atoms with Gasteiger partial charge in [0.1, 0.15) is 12.4 Å². The average Bonchev–Trinajstić information content (AvgIpc) is 2.71. The predicted octanol–water partition coefficient (Wildman–Crippen LogP) is 2.65. The Kier molecular flexibility index (Phi) is 8.23. The SMILES string of the molecule is C=CCOc1ccc(C(=O)N/N=C/c2cc(Br)ccc2OCC(N)=O)cc1OC. The summed E-state index contributed by atoms with van der Waals surface area (Å²) in [6.45, 7) is 3.64. The Bertz CT molecular complexity index is 930. The van der Waals surface area contributed by atoms with Gasteiger partial charge in [0, 0.05) is 15.6 Å². The third-order valence-corrected chi connectivity index (χ3v) is 3.99. The summed E-state index contributed by atoms with van der Waals surface area (Å²) in [6, 6.07) is 9.89. The summed E-state index contributed by atoms with van der Waals surface area (Å²) in [5.41, 5.74) is 8.41. The van der Waals surface area contributed by atoms with E-state index in [-0.39, 0.29) is 6.61 Å². The van der Waals surface area contributed by atoms with Crippen LogP contribution < -0.4 is 25.4 Å². The zero-order valence-corrected chi connectivity index (χ0v) is 17.3. The molecule has 0 heterocycles. The molecule has 2 rings (SSSR count). The van der Waals surface area contributed by atoms with Gasteiger partial charge < -0.3 is 19.9 Å². The number of amides is 2. The van der Waals surface area contributed by atoms with Crippen molar-refractivity contribution in [1.29, 1.82) is 0 Å². The Morgan fingerprint density at radius 1 is 1.17 bits per heavy atom. The van der Waals surface area contributed by atoms with Gasteiger partial charge in [-0.25, -0.2) is 5.43 Å². The molecule has 0 aliphatic carbocycles. The molecule has 0 saturated carbocycles. The van der Waals surface area contributed by atoms with E-state index in [1.165, 1.54) is 13.3 Å². The van der Waals surface area contributed by atoms with E-state index in [0.29, 0.717) is 35.0 Å². The summed E-state index contributed by atoms with van der Waals surface area (Å²) in [4.78, 5) is 23.3. The van der Waals surface area contributed by atoms with Gasteiger partial charge in [-0.05, 0) is 36.4 Å². The fourth-order valence-corrected chi connectivity index (χ4v) is 2.58. The van der Waals surface area contributed by atoms with Crippen LogP contribution in [0.1, 0.15) is 15.9 Å². The van der Waals surface area contributed by atoms with Crippen LogP contribution in [0.2, 0.25) is 0 Å². The monoisotopic (exact) mass is 461 g/mol. The van der Waals surface area contributed by atoms with Gasteiger partial charge in [0.25, 0.3) is 11.8 Å². The first kappa shape index (κ1) is 22.0. The lowest BCUT2D eigenvalue weighted by molar-refractivity contribution is -0.119. The van der Waals surface area contributed by atoms with Gasteiger partial charge in [0.2, 0.25) is 0 Å². The van der Waals surface area contributed by atoms with Crippen molar-refractivity contribution in [3.05, 3.63) is 64.7 Å². The molecule has 0 radical (unpaired) electrons. The van der Waals surface area contributed by atoms with Gasteiger partial charge in [0.05, 0.1) is 13.3 Å². The number of nitrogens with zero attached hydrogens (tertiary/aromatic N) is 1. The van der Waals surface area contributed by atoms with Crippen molar-refractivity contribution < 1.29 is 23.8 Å². The van der Waals surface area contributed by atoms with E-state index in [4.69, 9.17) is 19.9 Å². The average molecular weight is 462 g/mol. The van der Waals surface area contributed by atoms with Crippen LogP contribution in [0.3, 0.4) is 0 Å². The summed E-state index contributed by atoms with van der Waals surface area (Å²) in [5, 5.41) is 3.95. The lowest BCUT2D eigenvalue weighted by atomic mass is 10.2. The second-order valence-corrected chi connectivity index (χ2v) is 6.52. The molecule has 0 fully saturated rings. The number of methoxy groups -OCH3 is 1. The fraction of sp³-hybridized carbons (Fsp3) is 0.150. The van der Waals surface area contributed by atoms with Crippen molar-refractivity contribution in [2.24, 2.45) is 10.8 Å². The largest absolute Gasteiger partial charge is 0.493 e. The van der Waals surface area contributed by atoms with Crippen LogP contribution in [0.5, 0.6) is 17.2 Å². The van der Waals surface area contributed by atoms with Crippen molar-refractivity contribution in [2.75, 3.05) is 20.3 Å². The van der Waals surface area contributed by atoms with E-state index in [1.54, 1.807) is 42.5 Å². The minimum atomic E-state index is -0.599. The van der Waals surface area contributed by atoms with Gasteiger partial charge in [-0.15, -0.1) is 0 Å². The minimum absolute atomic E-state index is 0.269. The molecule has 0 aliphatic heterocycles. The number of hydrogen-bond donors (Lipinski definition) is 2. The first-order chi connectivity index (χ1) is 13.9. The molecule has 29 heavy (non-hydrogen) atoms. The number of nitrogens with two attached hydrogens (primary N) is 1. The highest BCUT2D eigenvalue weighted by Crippen LogP contribution is 2.28. The van der Waals surface area contributed by atoms with E-state index in [1.807, 2.05) is 0 Å². The minimum Gasteiger partial charge on any atom is -0.493 e. The molecule has 152 valence electrons. The number of nitrogens with one attached hydrogen (secondary N) is 1. The van der Waals surface area contributed by atoms with E-state index in [0.717, 1.165) is 4.47 Å². The Morgan fingerprint density at radius 2 is 1.93 bits per heavy atom. The van der Waals surface area contributed by atoms with Gasteiger partial charge in [-0.1, -0.05) is 28.6 Å². The number of hydrazone groups is 1. The first-order valence-electron chi connectivity index (χ1n) is 8.40. The van der Waals surface area contributed by atoms with E-state index >= 15 is 0 Å². The third kappa shape index (κ3) is 6.65. The molecule has 3 N–H and O–H groups in total. The molecule has 2 aromatic rings. The molecule has 0 unspecified atom stereocenters. The smallest absolute Gasteiger partial charge is 0.271 e. The summed E-state index contributed by atoms with van der Waals surface area (Å²) in [6.07, 6.45) is 3.01. The highest BCUT2D eigenvalue weighted by Gasteiger charge is 2.11. The zero-order valence-electron chi connectivity index (χ0n) is 15.7. The van der Waals surface area contributed by atoms with Crippen molar-refractivity contribution >= 4 is 34.0 Å². The molecule has 8 nitrogen and oxygen atoms in total. The Hall–Kier alpha value is -3.33. The van der Waals surface area contributed by atoms with Gasteiger partial charge in [-0.2, -0.15) is 5.10 Å². The van der Waals surface area contributed by atoms with Gasteiger partial charge >= 0.3 is 0 Å². The van der Waals surface area contributed by atoms with Crippen LogP contribution in [0.4, 0.5) is 0 Å². The molecule has 0 aromatic heterocycles. The van der Waals surface area contributed by atoms with Crippen LogP contribution >= 0.6 is 15.9 Å². The number of hydrogen-bond acceptors (Lipinski definition) is 6. The van der Waals surface area contributed by atoms with E-state index in [2.05, 4.69) is 33.0 Å². The highest BCUT2D eigenvalue weighted by atomic mass is 79.9. The fourth-order valence-electron chi connectivity index (χ4n) is 2.20. The summed E-state index contributed by atoms with van der Waals surface area (Å²) >= 11 is 3.35. The van der Waals surface area contributed by atoms with Crippen molar-refractivity contribution in [3.8, 4) is 17.2 Å². The molecular weight excluding hydrogens is 442 g/mol. The van der Waals surface area contributed by atoms with Gasteiger partial charge in [-0.3, -0.25) is 9.59 Å². The molecule has 2 aromatic carbocycles. The molecule has 2 amide bonds. The standard InChI is InChI=1S/C20H20BrN3O5/c1-3-8-28-17-6-4-13(10-18(17)27-2)20(26)24-23-11-14-9-15(21)5-7-16(14)29-12-19(22)25/h3-7,9-11H,1,8,12H2,2H3,(H2,22,25)(H,24,26)/b23-11+. The molecule has 0 atom stereocenters. The maximum Gasteiger partial charge on any atom is 0.271 e. The summed E-state index contributed by atoms with van der Waals surface area (Å²) < 4.78 is 16.8. The molecule has 0 bridgehead atoms. The molecule has 0 saturated heterocycles. The topological polar surface area (TPSA) is 112 Å². The van der Waals surface area contributed by atoms with Crippen molar-refractivity contribution in [3.63, 3.8) is 0 Å². The summed E-state index contributed by atoms with van der Waals surface area (Å²) in [7, 11) is 1.48. The van der Waals surface area contributed by atoms with Crippen LogP contribution in [0.25, 0.3) is 0 Å². The number of carbonyl (C=O) groups excluding carboxylic acids is 2. The Labute approximate surface area is 176 Å². The van der Waals surface area contributed by atoms with Crippen molar-refractivity contribution in [2.45, 2.75) is 0 Å². The third-order valence-electron chi connectivity index (χ3n) is 3.49. The maximum atomic E-state index is 12.4. The second-order valence-electron chi connectivity index (χ2n) is 5.60. The Morgan fingerprint density at radius 3 is 2.62 bits per heavy atom. The van der Waals surface area contributed by atoms with Crippen LogP contribution in [-0.4, -0.2) is 38.4 Å². The number of carbonyl (C=O) groups is 2. The van der Waals surface area contributed by atoms with Crippen molar-refractivity contribution in [1.82, 2.24) is 5.43 Å².